The maximum Gasteiger partial charge on any atom is 0.304 e. The SMILES string of the molecule is CC[C@H](c1cc(C)no1)N1C(=O)[C@@](C)(CC(=O)O)C[C@H](c2cccc(Cl)c2)[C@H]1c1ccc(Cl)cc1. The van der Waals surface area contributed by atoms with Crippen LogP contribution in [0.4, 0.5) is 0 Å². The van der Waals surface area contributed by atoms with Crippen molar-refractivity contribution in [2.75, 3.05) is 0 Å². The lowest BCUT2D eigenvalue weighted by molar-refractivity contribution is -0.161. The summed E-state index contributed by atoms with van der Waals surface area (Å²) in [5.74, 6) is -0.880. The number of halogens is 2. The van der Waals surface area contributed by atoms with Crippen molar-refractivity contribution in [3.63, 3.8) is 0 Å². The number of nitrogens with zero attached hydrogens (tertiary/aromatic N) is 2. The van der Waals surface area contributed by atoms with E-state index in [0.29, 0.717) is 34.3 Å². The standard InChI is InChI=1S/C27H28Cl2N2O4/c1-4-22(23-12-16(2)30-35-23)31-25(17-8-10-19(28)11-9-17)21(18-6-5-7-20(29)13-18)14-27(3,26(31)34)15-24(32)33/h5-13,21-22,25H,4,14-15H2,1-3H3,(H,32,33)/t21-,22-,25-,27-/m1/s1. The van der Waals surface area contributed by atoms with E-state index in [1.54, 1.807) is 30.0 Å². The van der Waals surface area contributed by atoms with E-state index in [1.165, 1.54) is 0 Å². The molecule has 0 aliphatic carbocycles. The number of carbonyl (C=O) groups excluding carboxylic acids is 1. The van der Waals surface area contributed by atoms with Gasteiger partial charge in [-0.25, -0.2) is 0 Å². The van der Waals surface area contributed by atoms with Crippen LogP contribution in [0.5, 0.6) is 0 Å². The molecule has 1 saturated heterocycles. The highest BCUT2D eigenvalue weighted by Crippen LogP contribution is 2.54. The van der Waals surface area contributed by atoms with Crippen molar-refractivity contribution in [2.45, 2.75) is 58.0 Å². The van der Waals surface area contributed by atoms with Crippen LogP contribution >= 0.6 is 23.2 Å². The average Bonchev–Trinajstić information content (AvgIpc) is 3.23. The molecule has 1 amide bonds. The van der Waals surface area contributed by atoms with E-state index in [-0.39, 0.29) is 18.2 Å². The van der Waals surface area contributed by atoms with Gasteiger partial charge in [0, 0.05) is 22.0 Å². The number of piperidine rings is 1. The lowest BCUT2D eigenvalue weighted by Gasteiger charge is -2.51. The Kier molecular flexibility index (Phi) is 7.25. The Morgan fingerprint density at radius 3 is 2.46 bits per heavy atom. The summed E-state index contributed by atoms with van der Waals surface area (Å²) in [5, 5.41) is 15.0. The fourth-order valence-corrected chi connectivity index (χ4v) is 5.62. The molecule has 4 rings (SSSR count). The van der Waals surface area contributed by atoms with Crippen LogP contribution < -0.4 is 0 Å². The summed E-state index contributed by atoms with van der Waals surface area (Å²) >= 11 is 12.6. The molecule has 0 radical (unpaired) electrons. The minimum atomic E-state index is -1.12. The van der Waals surface area contributed by atoms with Gasteiger partial charge in [-0.2, -0.15) is 0 Å². The van der Waals surface area contributed by atoms with E-state index in [9.17, 15) is 14.7 Å². The summed E-state index contributed by atoms with van der Waals surface area (Å²) in [5.41, 5.74) is 1.44. The van der Waals surface area contributed by atoms with Gasteiger partial charge >= 0.3 is 5.97 Å². The number of carbonyl (C=O) groups is 2. The first-order chi connectivity index (χ1) is 16.6. The van der Waals surface area contributed by atoms with Crippen molar-refractivity contribution in [3.05, 3.63) is 87.2 Å². The van der Waals surface area contributed by atoms with E-state index < -0.39 is 23.5 Å². The molecular weight excluding hydrogens is 487 g/mol. The summed E-state index contributed by atoms with van der Waals surface area (Å²) in [7, 11) is 0. The maximum atomic E-state index is 14.2. The van der Waals surface area contributed by atoms with Gasteiger partial charge in [0.05, 0.1) is 29.6 Å². The van der Waals surface area contributed by atoms with Gasteiger partial charge in [-0.1, -0.05) is 66.5 Å². The van der Waals surface area contributed by atoms with Gasteiger partial charge in [0.25, 0.3) is 0 Å². The molecule has 1 N–H and O–H groups in total. The molecule has 1 aliphatic rings. The van der Waals surface area contributed by atoms with Crippen LogP contribution in [0.25, 0.3) is 0 Å². The maximum absolute atomic E-state index is 14.2. The zero-order chi connectivity index (χ0) is 25.3. The third-order valence-electron chi connectivity index (χ3n) is 6.83. The largest absolute Gasteiger partial charge is 0.481 e. The molecule has 35 heavy (non-hydrogen) atoms. The second kappa shape index (κ2) is 10.0. The molecule has 0 unspecified atom stereocenters. The second-order valence-corrected chi connectivity index (χ2v) is 10.4. The monoisotopic (exact) mass is 514 g/mol. The molecule has 6 nitrogen and oxygen atoms in total. The van der Waals surface area contributed by atoms with Crippen LogP contribution in [0.2, 0.25) is 10.0 Å². The molecule has 0 saturated carbocycles. The summed E-state index contributed by atoms with van der Waals surface area (Å²) in [6.07, 6.45) is 0.641. The van der Waals surface area contributed by atoms with Crippen molar-refractivity contribution in [1.29, 1.82) is 0 Å². The predicted molar refractivity (Wildman–Crippen MR) is 134 cm³/mol. The number of carboxylic acids is 1. The van der Waals surface area contributed by atoms with E-state index >= 15 is 0 Å². The summed E-state index contributed by atoms with van der Waals surface area (Å²) in [6.45, 7) is 5.55. The Bertz CT molecular complexity index is 1230. The van der Waals surface area contributed by atoms with Crippen LogP contribution in [0.1, 0.15) is 73.7 Å². The first kappa shape index (κ1) is 25.3. The van der Waals surface area contributed by atoms with Gasteiger partial charge < -0.3 is 14.5 Å². The van der Waals surface area contributed by atoms with Gasteiger partial charge in [-0.05, 0) is 55.2 Å². The van der Waals surface area contributed by atoms with Gasteiger partial charge in [0.1, 0.15) is 0 Å². The Labute approximate surface area is 214 Å². The van der Waals surface area contributed by atoms with Gasteiger partial charge in [-0.3, -0.25) is 9.59 Å². The zero-order valence-electron chi connectivity index (χ0n) is 19.9. The van der Waals surface area contributed by atoms with Crippen molar-refractivity contribution in [1.82, 2.24) is 10.1 Å². The number of rotatable bonds is 7. The number of amides is 1. The molecule has 3 aromatic rings. The minimum absolute atomic E-state index is 0.213. The molecule has 8 heteroatoms. The Morgan fingerprint density at radius 2 is 1.89 bits per heavy atom. The van der Waals surface area contributed by atoms with Gasteiger partial charge in [-0.15, -0.1) is 0 Å². The average molecular weight is 515 g/mol. The first-order valence-corrected chi connectivity index (χ1v) is 12.4. The highest BCUT2D eigenvalue weighted by atomic mass is 35.5. The van der Waals surface area contributed by atoms with Crippen LogP contribution in [-0.4, -0.2) is 27.0 Å². The van der Waals surface area contributed by atoms with E-state index in [4.69, 9.17) is 27.7 Å². The fourth-order valence-electron chi connectivity index (χ4n) is 5.30. The van der Waals surface area contributed by atoms with Crippen molar-refractivity contribution in [3.8, 4) is 0 Å². The Morgan fingerprint density at radius 1 is 1.17 bits per heavy atom. The number of aromatic nitrogens is 1. The number of aryl methyl sites for hydroxylation is 1. The molecular formula is C27H28Cl2N2O4. The van der Waals surface area contributed by atoms with Crippen LogP contribution in [0.3, 0.4) is 0 Å². The number of benzene rings is 2. The van der Waals surface area contributed by atoms with Crippen molar-refractivity contribution in [2.24, 2.45) is 5.41 Å². The normalized spacial score (nSPS) is 23.3. The third-order valence-corrected chi connectivity index (χ3v) is 7.32. The lowest BCUT2D eigenvalue weighted by atomic mass is 9.67. The first-order valence-electron chi connectivity index (χ1n) is 11.6. The van der Waals surface area contributed by atoms with E-state index in [2.05, 4.69) is 5.16 Å². The highest BCUT2D eigenvalue weighted by Gasteiger charge is 2.53. The Balaban J connectivity index is 1.95. The number of hydrogen-bond donors (Lipinski definition) is 1. The molecule has 0 spiro atoms. The summed E-state index contributed by atoms with van der Waals surface area (Å²) in [4.78, 5) is 27.9. The molecule has 4 atom stereocenters. The minimum Gasteiger partial charge on any atom is -0.481 e. The summed E-state index contributed by atoms with van der Waals surface area (Å²) < 4.78 is 5.63. The predicted octanol–water partition coefficient (Wildman–Crippen LogP) is 6.98. The molecule has 0 bridgehead atoms. The number of likely N-dealkylation sites (tertiary alicyclic amines) is 1. The lowest BCUT2D eigenvalue weighted by Crippen LogP contribution is -2.53. The quantitative estimate of drug-likeness (QED) is 0.367. The molecule has 1 aliphatic heterocycles. The van der Waals surface area contributed by atoms with Crippen LogP contribution in [0.15, 0.2) is 59.1 Å². The van der Waals surface area contributed by atoms with Crippen LogP contribution in [0, 0.1) is 12.3 Å². The molecule has 2 aromatic carbocycles. The number of hydrogen-bond acceptors (Lipinski definition) is 4. The smallest absolute Gasteiger partial charge is 0.304 e. The molecule has 184 valence electrons. The van der Waals surface area contributed by atoms with Gasteiger partial charge in [0.2, 0.25) is 5.91 Å². The van der Waals surface area contributed by atoms with Gasteiger partial charge in [0.15, 0.2) is 5.76 Å². The highest BCUT2D eigenvalue weighted by molar-refractivity contribution is 6.30. The van der Waals surface area contributed by atoms with E-state index in [0.717, 1.165) is 11.1 Å². The Hall–Kier alpha value is -2.83. The topological polar surface area (TPSA) is 83.6 Å². The second-order valence-electron chi connectivity index (χ2n) is 9.50. The number of aliphatic carboxylic acids is 1. The summed E-state index contributed by atoms with van der Waals surface area (Å²) in [6, 6.07) is 16.0. The number of carboxylic acid groups (broad SMARTS) is 1. The molecule has 1 aromatic heterocycles. The zero-order valence-corrected chi connectivity index (χ0v) is 21.4. The van der Waals surface area contributed by atoms with Crippen LogP contribution in [-0.2, 0) is 9.59 Å². The molecule has 1 fully saturated rings. The molecule has 2 heterocycles. The fraction of sp³-hybridized carbons (Fsp3) is 0.370. The van der Waals surface area contributed by atoms with E-state index in [1.807, 2.05) is 50.2 Å². The van der Waals surface area contributed by atoms with Crippen molar-refractivity contribution >= 4 is 35.1 Å². The third kappa shape index (κ3) is 5.09. The van der Waals surface area contributed by atoms with Crippen molar-refractivity contribution < 1.29 is 19.2 Å².